The van der Waals surface area contributed by atoms with Crippen molar-refractivity contribution in [1.82, 2.24) is 14.8 Å². The second-order valence-electron chi connectivity index (χ2n) is 7.27. The zero-order valence-corrected chi connectivity index (χ0v) is 17.9. The number of thiophene rings is 2. The molecule has 1 fully saturated rings. The summed E-state index contributed by atoms with van der Waals surface area (Å²) in [6.07, 6.45) is 3.33. The zero-order valence-electron chi connectivity index (χ0n) is 15.5. The van der Waals surface area contributed by atoms with Crippen molar-refractivity contribution in [2.24, 2.45) is 0 Å². The average Bonchev–Trinajstić information content (AvgIpc) is 3.49. The molecule has 0 N–H and O–H groups in total. The fourth-order valence-corrected chi connectivity index (χ4v) is 6.80. The molecule has 1 saturated heterocycles. The number of amides is 2. The van der Waals surface area contributed by atoms with Crippen molar-refractivity contribution >= 4 is 55.5 Å². The molecule has 0 saturated carbocycles. The van der Waals surface area contributed by atoms with Gasteiger partial charge < -0.3 is 9.80 Å². The summed E-state index contributed by atoms with van der Waals surface area (Å²) >= 11 is 9.26. The van der Waals surface area contributed by atoms with Gasteiger partial charge in [-0.05, 0) is 35.7 Å². The first kappa shape index (κ1) is 18.1. The van der Waals surface area contributed by atoms with Gasteiger partial charge in [-0.15, -0.1) is 22.7 Å². The van der Waals surface area contributed by atoms with Gasteiger partial charge in [-0.3, -0.25) is 14.6 Å². The summed E-state index contributed by atoms with van der Waals surface area (Å²) in [4.78, 5) is 35.6. The van der Waals surface area contributed by atoms with Crippen LogP contribution in [0.1, 0.15) is 31.2 Å². The van der Waals surface area contributed by atoms with Gasteiger partial charge in [-0.25, -0.2) is 0 Å². The van der Waals surface area contributed by atoms with Crippen molar-refractivity contribution in [3.05, 3.63) is 86.8 Å². The molecule has 5 nitrogen and oxygen atoms in total. The molecule has 1 aromatic carbocycles. The number of fused-ring (bicyclic) bond motifs is 4. The van der Waals surface area contributed by atoms with E-state index in [0.29, 0.717) is 28.6 Å². The molecule has 2 aliphatic rings. The zero-order chi connectivity index (χ0) is 20.5. The summed E-state index contributed by atoms with van der Waals surface area (Å²) in [5.41, 5.74) is 1.14. The number of pyridine rings is 1. The highest BCUT2D eigenvalue weighted by atomic mass is 35.5. The Balaban J connectivity index is 1.58. The standard InChI is InChI=1S/C22H14ClN3O2S2/c23-14-3-1-13(2-4-14)22-16-12-24-7-5-15(16)20(27)25(22)8-9-26(22)21(28)19-11-18-17(30-19)6-10-29-18/h1-7,10-12H,8-9H2. The van der Waals surface area contributed by atoms with Crippen LogP contribution in [0.5, 0.6) is 0 Å². The molecule has 0 aliphatic carbocycles. The Labute approximate surface area is 185 Å². The maximum absolute atomic E-state index is 13.8. The van der Waals surface area contributed by atoms with Gasteiger partial charge in [0.1, 0.15) is 0 Å². The van der Waals surface area contributed by atoms with E-state index in [1.54, 1.807) is 46.8 Å². The van der Waals surface area contributed by atoms with Crippen LogP contribution < -0.4 is 0 Å². The van der Waals surface area contributed by atoms with Gasteiger partial charge in [-0.2, -0.15) is 0 Å². The van der Waals surface area contributed by atoms with Gasteiger partial charge in [-0.1, -0.05) is 23.7 Å². The third-order valence-corrected chi connectivity index (χ3v) is 8.18. The van der Waals surface area contributed by atoms with Crippen molar-refractivity contribution in [3.63, 3.8) is 0 Å². The van der Waals surface area contributed by atoms with Crippen molar-refractivity contribution in [2.45, 2.75) is 5.66 Å². The van der Waals surface area contributed by atoms with E-state index < -0.39 is 5.66 Å². The molecule has 30 heavy (non-hydrogen) atoms. The SMILES string of the molecule is O=C(c1cc2sccc2s1)N1CCN2C(=O)c3ccncc3C12c1ccc(Cl)cc1. The Morgan fingerprint density at radius 2 is 1.93 bits per heavy atom. The largest absolute Gasteiger partial charge is 0.306 e. The Hall–Kier alpha value is -2.74. The number of hydrogen-bond donors (Lipinski definition) is 0. The molecular weight excluding hydrogens is 438 g/mol. The third-order valence-electron chi connectivity index (χ3n) is 5.84. The Morgan fingerprint density at radius 3 is 2.73 bits per heavy atom. The summed E-state index contributed by atoms with van der Waals surface area (Å²) in [7, 11) is 0. The summed E-state index contributed by atoms with van der Waals surface area (Å²) in [5.74, 6) is -0.157. The Kier molecular flexibility index (Phi) is 3.84. The van der Waals surface area contributed by atoms with E-state index in [-0.39, 0.29) is 11.8 Å². The minimum absolute atomic E-state index is 0.0784. The maximum Gasteiger partial charge on any atom is 0.266 e. The lowest BCUT2D eigenvalue weighted by Crippen LogP contribution is -2.51. The quantitative estimate of drug-likeness (QED) is 0.439. The number of halogens is 1. The van der Waals surface area contributed by atoms with E-state index in [0.717, 1.165) is 20.5 Å². The topological polar surface area (TPSA) is 53.5 Å². The summed E-state index contributed by atoms with van der Waals surface area (Å²) in [6, 6.07) is 13.1. The van der Waals surface area contributed by atoms with Crippen LogP contribution in [0.2, 0.25) is 5.02 Å². The summed E-state index contributed by atoms with van der Waals surface area (Å²) in [5, 5.41) is 2.63. The number of carbonyl (C=O) groups excluding carboxylic acids is 2. The monoisotopic (exact) mass is 451 g/mol. The molecule has 1 unspecified atom stereocenters. The van der Waals surface area contributed by atoms with E-state index >= 15 is 0 Å². The van der Waals surface area contributed by atoms with Crippen LogP contribution in [-0.2, 0) is 5.66 Å². The number of aromatic nitrogens is 1. The molecule has 6 rings (SSSR count). The molecule has 4 aromatic rings. The molecule has 1 atom stereocenters. The molecule has 3 aromatic heterocycles. The van der Waals surface area contributed by atoms with E-state index in [2.05, 4.69) is 4.98 Å². The van der Waals surface area contributed by atoms with Crippen LogP contribution >= 0.6 is 34.3 Å². The first-order chi connectivity index (χ1) is 14.6. The maximum atomic E-state index is 13.8. The first-order valence-electron chi connectivity index (χ1n) is 9.42. The van der Waals surface area contributed by atoms with Crippen molar-refractivity contribution in [2.75, 3.05) is 13.1 Å². The van der Waals surface area contributed by atoms with E-state index in [4.69, 9.17) is 11.6 Å². The molecular formula is C22H14ClN3O2S2. The van der Waals surface area contributed by atoms with Crippen molar-refractivity contribution < 1.29 is 9.59 Å². The fraction of sp³-hybridized carbons (Fsp3) is 0.136. The van der Waals surface area contributed by atoms with Crippen LogP contribution in [-0.4, -0.2) is 39.7 Å². The highest BCUT2D eigenvalue weighted by Crippen LogP contribution is 2.50. The van der Waals surface area contributed by atoms with Gasteiger partial charge in [0.05, 0.1) is 10.4 Å². The van der Waals surface area contributed by atoms with Crippen LogP contribution in [0.4, 0.5) is 0 Å². The minimum atomic E-state index is -1.01. The van der Waals surface area contributed by atoms with Crippen LogP contribution in [0.25, 0.3) is 9.40 Å². The highest BCUT2D eigenvalue weighted by Gasteiger charge is 2.60. The van der Waals surface area contributed by atoms with Crippen LogP contribution in [0.3, 0.4) is 0 Å². The molecule has 0 spiro atoms. The van der Waals surface area contributed by atoms with Gasteiger partial charge in [0.15, 0.2) is 5.66 Å². The Bertz CT molecular complexity index is 1300. The predicted octanol–water partition coefficient (Wildman–Crippen LogP) is 4.82. The summed E-state index contributed by atoms with van der Waals surface area (Å²) in [6.45, 7) is 0.911. The van der Waals surface area contributed by atoms with E-state index in [1.165, 1.54) is 11.3 Å². The fourth-order valence-electron chi connectivity index (χ4n) is 4.61. The Morgan fingerprint density at radius 1 is 1.10 bits per heavy atom. The van der Waals surface area contributed by atoms with Crippen molar-refractivity contribution in [3.8, 4) is 0 Å². The lowest BCUT2D eigenvalue weighted by atomic mass is 9.91. The van der Waals surface area contributed by atoms with Gasteiger partial charge in [0, 0.05) is 51.0 Å². The highest BCUT2D eigenvalue weighted by molar-refractivity contribution is 7.27. The second-order valence-corrected chi connectivity index (χ2v) is 9.74. The molecule has 8 heteroatoms. The van der Waals surface area contributed by atoms with Gasteiger partial charge >= 0.3 is 0 Å². The normalized spacial score (nSPS) is 20.1. The molecule has 0 radical (unpaired) electrons. The second kappa shape index (κ2) is 6.38. The van der Waals surface area contributed by atoms with E-state index in [1.807, 2.05) is 34.5 Å². The number of rotatable bonds is 2. The van der Waals surface area contributed by atoms with Crippen LogP contribution in [0, 0.1) is 0 Å². The predicted molar refractivity (Wildman–Crippen MR) is 118 cm³/mol. The van der Waals surface area contributed by atoms with Crippen molar-refractivity contribution in [1.29, 1.82) is 0 Å². The number of carbonyl (C=O) groups is 2. The molecule has 0 bridgehead atoms. The third kappa shape index (κ3) is 2.25. The minimum Gasteiger partial charge on any atom is -0.306 e. The molecule has 2 aliphatic heterocycles. The molecule has 5 heterocycles. The molecule has 148 valence electrons. The smallest absolute Gasteiger partial charge is 0.266 e. The van der Waals surface area contributed by atoms with Gasteiger partial charge in [0.25, 0.3) is 11.8 Å². The van der Waals surface area contributed by atoms with E-state index in [9.17, 15) is 9.59 Å². The average molecular weight is 452 g/mol. The van der Waals surface area contributed by atoms with Crippen LogP contribution in [0.15, 0.2) is 60.2 Å². The van der Waals surface area contributed by atoms with Gasteiger partial charge in [0.2, 0.25) is 0 Å². The lowest BCUT2D eigenvalue weighted by molar-refractivity contribution is 0.0378. The first-order valence-corrected chi connectivity index (χ1v) is 11.5. The number of hydrogen-bond acceptors (Lipinski definition) is 5. The summed E-state index contributed by atoms with van der Waals surface area (Å²) < 4.78 is 2.20. The molecule has 2 amide bonds. The lowest BCUT2D eigenvalue weighted by Gasteiger charge is -2.40. The number of nitrogens with zero attached hydrogens (tertiary/aromatic N) is 3. The number of benzene rings is 1.